The first-order valence-electron chi connectivity index (χ1n) is 18.0. The summed E-state index contributed by atoms with van der Waals surface area (Å²) in [6, 6.07) is 73.3. The maximum Gasteiger partial charge on any atom is 0.159 e. The zero-order valence-corrected chi connectivity index (χ0v) is 28.9. The Balaban J connectivity index is 1.22. The summed E-state index contributed by atoms with van der Waals surface area (Å²) in [6.07, 6.45) is 0. The molecule has 1 heterocycles. The molecule has 0 radical (unpaired) electrons. The van der Waals surface area contributed by atoms with Crippen molar-refractivity contribution in [3.63, 3.8) is 0 Å². The van der Waals surface area contributed by atoms with Crippen LogP contribution in [0.4, 0.5) is 34.1 Å². The van der Waals surface area contributed by atoms with Gasteiger partial charge in [-0.15, -0.1) is 0 Å². The SMILES string of the molecule is c1ccc(-c2ccc(N(c3ccc4c(N(c5ccccc5)c5ccccc5)cc5ccccc5c4c3)c3cccc4c3oc3ccccc34)cc2)cc1. The predicted octanol–water partition coefficient (Wildman–Crippen LogP) is 14.5. The molecule has 0 saturated carbocycles. The normalized spacial score (nSPS) is 11.4. The molecule has 3 nitrogen and oxygen atoms in total. The highest BCUT2D eigenvalue weighted by molar-refractivity contribution is 6.16. The maximum atomic E-state index is 6.66. The number of hydrogen-bond acceptors (Lipinski definition) is 3. The lowest BCUT2D eigenvalue weighted by Gasteiger charge is -2.29. The van der Waals surface area contributed by atoms with Gasteiger partial charge in [0.1, 0.15) is 5.58 Å². The zero-order valence-electron chi connectivity index (χ0n) is 28.9. The van der Waals surface area contributed by atoms with Gasteiger partial charge in [0.25, 0.3) is 0 Å². The van der Waals surface area contributed by atoms with Crippen LogP contribution in [0.2, 0.25) is 0 Å². The molecular weight excluding hydrogens is 645 g/mol. The first-order valence-corrected chi connectivity index (χ1v) is 18.0. The molecule has 0 amide bonds. The second kappa shape index (κ2) is 12.9. The summed E-state index contributed by atoms with van der Waals surface area (Å²) in [4.78, 5) is 4.70. The van der Waals surface area contributed by atoms with Crippen molar-refractivity contribution in [3.8, 4) is 11.1 Å². The van der Waals surface area contributed by atoms with Crippen molar-refractivity contribution in [2.75, 3.05) is 9.80 Å². The molecule has 0 saturated heterocycles. The molecule has 0 N–H and O–H groups in total. The third-order valence-corrected chi connectivity index (χ3v) is 10.2. The van der Waals surface area contributed by atoms with Gasteiger partial charge in [0.15, 0.2) is 5.58 Å². The van der Waals surface area contributed by atoms with Crippen LogP contribution < -0.4 is 9.80 Å². The summed E-state index contributed by atoms with van der Waals surface area (Å²) in [5.74, 6) is 0. The second-order valence-corrected chi connectivity index (χ2v) is 13.4. The number of rotatable bonds is 7. The minimum atomic E-state index is 0.860. The number of para-hydroxylation sites is 4. The van der Waals surface area contributed by atoms with Gasteiger partial charge in [-0.05, 0) is 94.0 Å². The van der Waals surface area contributed by atoms with E-state index in [1.165, 1.54) is 32.7 Å². The number of anilines is 6. The smallest absolute Gasteiger partial charge is 0.159 e. The second-order valence-electron chi connectivity index (χ2n) is 13.4. The maximum absolute atomic E-state index is 6.66. The quantitative estimate of drug-likeness (QED) is 0.156. The standard InChI is InChI=1S/C50H34N2O/c1-4-15-35(16-5-1)36-27-29-40(30-28-36)52(47-25-14-24-45-44-23-12-13-26-49(44)53-50(45)47)41-31-32-43-46(34-41)42-22-11-10-17-37(42)33-48(43)51(38-18-6-2-7-19-38)39-20-8-3-9-21-39/h1-34H. The molecule has 0 spiro atoms. The summed E-state index contributed by atoms with van der Waals surface area (Å²) in [5.41, 5.74) is 10.5. The Bertz CT molecular complexity index is 2840. The van der Waals surface area contributed by atoms with Gasteiger partial charge < -0.3 is 14.2 Å². The number of hydrogen-bond donors (Lipinski definition) is 0. The fraction of sp³-hybridized carbons (Fsp3) is 0. The summed E-state index contributed by atoms with van der Waals surface area (Å²) >= 11 is 0. The number of fused-ring (bicyclic) bond motifs is 6. The first-order chi connectivity index (χ1) is 26.3. The van der Waals surface area contributed by atoms with Crippen LogP contribution in [0.15, 0.2) is 211 Å². The first kappa shape index (κ1) is 30.7. The highest BCUT2D eigenvalue weighted by Crippen LogP contribution is 2.46. The molecule has 0 bridgehead atoms. The summed E-state index contributed by atoms with van der Waals surface area (Å²) in [7, 11) is 0. The van der Waals surface area contributed by atoms with Gasteiger partial charge in [0, 0.05) is 38.9 Å². The van der Waals surface area contributed by atoms with Crippen molar-refractivity contribution in [1.29, 1.82) is 0 Å². The monoisotopic (exact) mass is 678 g/mol. The predicted molar refractivity (Wildman–Crippen MR) is 224 cm³/mol. The molecule has 0 fully saturated rings. The number of nitrogens with zero attached hydrogens (tertiary/aromatic N) is 2. The molecule has 10 rings (SSSR count). The van der Waals surface area contributed by atoms with Gasteiger partial charge >= 0.3 is 0 Å². The Kier molecular flexibility index (Phi) is 7.47. The van der Waals surface area contributed by atoms with E-state index in [9.17, 15) is 0 Å². The van der Waals surface area contributed by atoms with E-state index >= 15 is 0 Å². The van der Waals surface area contributed by atoms with Crippen LogP contribution in [0.3, 0.4) is 0 Å². The molecule has 10 aromatic rings. The van der Waals surface area contributed by atoms with Crippen LogP contribution in [0.25, 0.3) is 54.6 Å². The lowest BCUT2D eigenvalue weighted by atomic mass is 9.97. The van der Waals surface area contributed by atoms with Crippen molar-refractivity contribution < 1.29 is 4.42 Å². The van der Waals surface area contributed by atoms with Crippen molar-refractivity contribution in [1.82, 2.24) is 0 Å². The highest BCUT2D eigenvalue weighted by atomic mass is 16.3. The lowest BCUT2D eigenvalue weighted by Crippen LogP contribution is -2.12. The Morgan fingerprint density at radius 1 is 0.302 bits per heavy atom. The summed E-state index contributed by atoms with van der Waals surface area (Å²) in [6.45, 7) is 0. The van der Waals surface area contributed by atoms with E-state index in [0.29, 0.717) is 0 Å². The minimum absolute atomic E-state index is 0.860. The number of furan rings is 1. The van der Waals surface area contributed by atoms with Gasteiger partial charge in [0.05, 0.1) is 11.4 Å². The fourth-order valence-corrected chi connectivity index (χ4v) is 7.75. The van der Waals surface area contributed by atoms with Gasteiger partial charge in [0.2, 0.25) is 0 Å². The summed E-state index contributed by atoms with van der Waals surface area (Å²) in [5, 5.41) is 6.94. The van der Waals surface area contributed by atoms with Crippen molar-refractivity contribution >= 4 is 77.6 Å². The van der Waals surface area contributed by atoms with E-state index < -0.39 is 0 Å². The minimum Gasteiger partial charge on any atom is -0.454 e. The van der Waals surface area contributed by atoms with Gasteiger partial charge in [-0.1, -0.05) is 140 Å². The molecule has 0 atom stereocenters. The molecule has 1 aromatic heterocycles. The van der Waals surface area contributed by atoms with Crippen molar-refractivity contribution in [3.05, 3.63) is 206 Å². The fourth-order valence-electron chi connectivity index (χ4n) is 7.75. The molecule has 3 heteroatoms. The van der Waals surface area contributed by atoms with Crippen LogP contribution >= 0.6 is 0 Å². The van der Waals surface area contributed by atoms with E-state index in [0.717, 1.165) is 56.1 Å². The molecule has 9 aromatic carbocycles. The average Bonchev–Trinajstić information content (AvgIpc) is 3.62. The molecule has 53 heavy (non-hydrogen) atoms. The van der Waals surface area contributed by atoms with Crippen LogP contribution in [0.1, 0.15) is 0 Å². The lowest BCUT2D eigenvalue weighted by molar-refractivity contribution is 0.669. The Hall–Kier alpha value is -7.10. The van der Waals surface area contributed by atoms with E-state index in [1.54, 1.807) is 0 Å². The van der Waals surface area contributed by atoms with Crippen LogP contribution in [0, 0.1) is 0 Å². The Labute approximate surface area is 308 Å². The van der Waals surface area contributed by atoms with E-state index in [2.05, 4.69) is 204 Å². The highest BCUT2D eigenvalue weighted by Gasteiger charge is 2.22. The summed E-state index contributed by atoms with van der Waals surface area (Å²) < 4.78 is 6.66. The third-order valence-electron chi connectivity index (χ3n) is 10.2. The van der Waals surface area contributed by atoms with Gasteiger partial charge in [-0.25, -0.2) is 0 Å². The molecule has 250 valence electrons. The molecule has 0 aliphatic carbocycles. The third kappa shape index (κ3) is 5.38. The molecule has 0 aliphatic heterocycles. The van der Waals surface area contributed by atoms with Crippen molar-refractivity contribution in [2.45, 2.75) is 0 Å². The van der Waals surface area contributed by atoms with Crippen LogP contribution in [0.5, 0.6) is 0 Å². The van der Waals surface area contributed by atoms with Crippen molar-refractivity contribution in [2.24, 2.45) is 0 Å². The molecule has 0 aliphatic rings. The Morgan fingerprint density at radius 2 is 0.849 bits per heavy atom. The van der Waals surface area contributed by atoms with Crippen LogP contribution in [-0.4, -0.2) is 0 Å². The van der Waals surface area contributed by atoms with Gasteiger partial charge in [-0.3, -0.25) is 0 Å². The number of benzene rings is 9. The molecule has 0 unspecified atom stereocenters. The Morgan fingerprint density at radius 3 is 1.58 bits per heavy atom. The van der Waals surface area contributed by atoms with E-state index in [-0.39, 0.29) is 0 Å². The van der Waals surface area contributed by atoms with E-state index in [1.807, 2.05) is 12.1 Å². The van der Waals surface area contributed by atoms with Gasteiger partial charge in [-0.2, -0.15) is 0 Å². The molecular formula is C50H34N2O. The zero-order chi connectivity index (χ0) is 35.1. The largest absolute Gasteiger partial charge is 0.454 e. The topological polar surface area (TPSA) is 19.6 Å². The van der Waals surface area contributed by atoms with Crippen LogP contribution in [-0.2, 0) is 0 Å². The van der Waals surface area contributed by atoms with E-state index in [4.69, 9.17) is 4.42 Å². The average molecular weight is 679 g/mol.